The van der Waals surface area contributed by atoms with Crippen molar-refractivity contribution in [3.05, 3.63) is 59.9 Å². The van der Waals surface area contributed by atoms with Crippen LogP contribution in [0.1, 0.15) is 17.3 Å². The lowest BCUT2D eigenvalue weighted by Crippen LogP contribution is -1.91. The van der Waals surface area contributed by atoms with E-state index in [0.717, 1.165) is 5.56 Å². The first-order chi connectivity index (χ1) is 9.15. The van der Waals surface area contributed by atoms with Gasteiger partial charge in [0.25, 0.3) is 0 Å². The number of halogens is 1. The Labute approximate surface area is 109 Å². The van der Waals surface area contributed by atoms with Crippen molar-refractivity contribution in [2.75, 3.05) is 0 Å². The number of hydrogen-bond donors (Lipinski definition) is 0. The molecule has 0 aliphatic carbocycles. The highest BCUT2D eigenvalue weighted by atomic mass is 19.1. The van der Waals surface area contributed by atoms with Crippen LogP contribution in [0.2, 0.25) is 0 Å². The van der Waals surface area contributed by atoms with Crippen molar-refractivity contribution in [3.63, 3.8) is 0 Å². The van der Waals surface area contributed by atoms with E-state index in [0.29, 0.717) is 16.7 Å². The lowest BCUT2D eigenvalue weighted by molar-refractivity contribution is 0.101. The Hall–Kier alpha value is -2.42. The number of carbonyl (C=O) groups is 1. The van der Waals surface area contributed by atoms with Crippen LogP contribution in [0.4, 0.5) is 4.39 Å². The molecule has 94 valence electrons. The molecule has 0 bridgehead atoms. The highest BCUT2D eigenvalue weighted by molar-refractivity contribution is 5.95. The average Bonchev–Trinajstić information content (AvgIpc) is 2.84. The molecule has 0 aliphatic heterocycles. The smallest absolute Gasteiger partial charge is 0.170 e. The maximum absolute atomic E-state index is 13.6. The summed E-state index contributed by atoms with van der Waals surface area (Å²) in [5, 5.41) is 0.711. The Kier molecular flexibility index (Phi) is 2.67. The van der Waals surface area contributed by atoms with E-state index in [1.807, 2.05) is 6.07 Å². The molecule has 0 aliphatic rings. The lowest BCUT2D eigenvalue weighted by atomic mass is 10.1. The maximum Gasteiger partial charge on any atom is 0.170 e. The van der Waals surface area contributed by atoms with Gasteiger partial charge in [-0.2, -0.15) is 0 Å². The van der Waals surface area contributed by atoms with Gasteiger partial charge in [-0.1, -0.05) is 30.3 Å². The number of carbonyl (C=O) groups excluding carboxylic acids is 1. The topological polar surface area (TPSA) is 30.2 Å². The molecule has 0 radical (unpaired) electrons. The monoisotopic (exact) mass is 254 g/mol. The van der Waals surface area contributed by atoms with Crippen LogP contribution in [0.25, 0.3) is 22.3 Å². The van der Waals surface area contributed by atoms with Gasteiger partial charge in [0.1, 0.15) is 5.76 Å². The first-order valence-corrected chi connectivity index (χ1v) is 5.94. The largest absolute Gasteiger partial charge is 0.453 e. The second kappa shape index (κ2) is 4.35. The van der Waals surface area contributed by atoms with Gasteiger partial charge < -0.3 is 4.42 Å². The fraction of sp³-hybridized carbons (Fsp3) is 0.0625. The summed E-state index contributed by atoms with van der Waals surface area (Å²) in [5.74, 6) is 0.166. The SMILES string of the molecule is CC(=O)c1cccc(-c2cc3cccc(F)c3o2)c1. The van der Waals surface area contributed by atoms with Gasteiger partial charge >= 0.3 is 0 Å². The summed E-state index contributed by atoms with van der Waals surface area (Å²) in [4.78, 5) is 11.4. The van der Waals surface area contributed by atoms with Crippen LogP contribution in [0.3, 0.4) is 0 Å². The minimum atomic E-state index is -0.383. The first kappa shape index (κ1) is 11.7. The normalized spacial score (nSPS) is 10.8. The molecule has 3 aromatic rings. The molecular weight excluding hydrogens is 243 g/mol. The summed E-state index contributed by atoms with van der Waals surface area (Å²) in [7, 11) is 0. The van der Waals surface area contributed by atoms with Crippen molar-refractivity contribution < 1.29 is 13.6 Å². The molecule has 0 atom stereocenters. The first-order valence-electron chi connectivity index (χ1n) is 5.94. The summed E-state index contributed by atoms with van der Waals surface area (Å²) in [6, 6.07) is 13.7. The second-order valence-electron chi connectivity index (χ2n) is 4.41. The van der Waals surface area contributed by atoms with Crippen LogP contribution < -0.4 is 0 Å². The molecule has 0 spiro atoms. The van der Waals surface area contributed by atoms with E-state index < -0.39 is 0 Å². The van der Waals surface area contributed by atoms with Crippen molar-refractivity contribution in [1.29, 1.82) is 0 Å². The standard InChI is InChI=1S/C16H11FO2/c1-10(18)11-4-2-5-12(8-11)15-9-13-6-3-7-14(17)16(13)19-15/h2-9H,1H3. The van der Waals surface area contributed by atoms with Crippen LogP contribution >= 0.6 is 0 Å². The molecule has 2 nitrogen and oxygen atoms in total. The van der Waals surface area contributed by atoms with E-state index in [-0.39, 0.29) is 17.2 Å². The maximum atomic E-state index is 13.6. The fourth-order valence-electron chi connectivity index (χ4n) is 2.06. The van der Waals surface area contributed by atoms with Crippen molar-refractivity contribution in [2.24, 2.45) is 0 Å². The Bertz CT molecular complexity index is 771. The summed E-state index contributed by atoms with van der Waals surface area (Å²) >= 11 is 0. The molecular formula is C16H11FO2. The minimum absolute atomic E-state index is 0.0101. The Morgan fingerprint density at radius 3 is 2.63 bits per heavy atom. The molecule has 3 rings (SSSR count). The zero-order chi connectivity index (χ0) is 13.4. The van der Waals surface area contributed by atoms with E-state index in [1.54, 1.807) is 36.4 Å². The third-order valence-corrected chi connectivity index (χ3v) is 3.05. The van der Waals surface area contributed by atoms with Crippen LogP contribution in [-0.2, 0) is 0 Å². The van der Waals surface area contributed by atoms with E-state index in [9.17, 15) is 9.18 Å². The summed E-state index contributed by atoms with van der Waals surface area (Å²) in [6.45, 7) is 1.51. The van der Waals surface area contributed by atoms with Crippen LogP contribution in [0.5, 0.6) is 0 Å². The second-order valence-corrected chi connectivity index (χ2v) is 4.41. The van der Waals surface area contributed by atoms with Crippen molar-refractivity contribution in [2.45, 2.75) is 6.92 Å². The average molecular weight is 254 g/mol. The van der Waals surface area contributed by atoms with Crippen LogP contribution in [-0.4, -0.2) is 5.78 Å². The Morgan fingerprint density at radius 2 is 1.89 bits per heavy atom. The number of rotatable bonds is 2. The number of hydrogen-bond acceptors (Lipinski definition) is 2. The van der Waals surface area contributed by atoms with E-state index >= 15 is 0 Å². The minimum Gasteiger partial charge on any atom is -0.453 e. The number of Topliss-reactive ketones (excluding diaryl/α,β-unsaturated/α-hetero) is 1. The molecule has 0 amide bonds. The van der Waals surface area contributed by atoms with Gasteiger partial charge in [0.05, 0.1) is 0 Å². The number of furan rings is 1. The molecule has 3 heteroatoms. The Morgan fingerprint density at radius 1 is 1.11 bits per heavy atom. The summed E-state index contributed by atoms with van der Waals surface area (Å²) < 4.78 is 19.1. The quantitative estimate of drug-likeness (QED) is 0.633. The molecule has 0 saturated heterocycles. The van der Waals surface area contributed by atoms with Gasteiger partial charge in [-0.3, -0.25) is 4.79 Å². The lowest BCUT2D eigenvalue weighted by Gasteiger charge is -1.99. The number of fused-ring (bicyclic) bond motifs is 1. The molecule has 2 aromatic carbocycles. The molecule has 0 unspecified atom stereocenters. The molecule has 0 saturated carbocycles. The predicted octanol–water partition coefficient (Wildman–Crippen LogP) is 4.44. The van der Waals surface area contributed by atoms with Gasteiger partial charge in [0.15, 0.2) is 17.2 Å². The summed E-state index contributed by atoms with van der Waals surface area (Å²) in [6.07, 6.45) is 0. The van der Waals surface area contributed by atoms with Crippen molar-refractivity contribution >= 4 is 16.8 Å². The van der Waals surface area contributed by atoms with Gasteiger partial charge in [-0.25, -0.2) is 4.39 Å². The van der Waals surface area contributed by atoms with Gasteiger partial charge in [-0.05, 0) is 25.1 Å². The molecule has 0 N–H and O–H groups in total. The van der Waals surface area contributed by atoms with Gasteiger partial charge in [0, 0.05) is 16.5 Å². The van der Waals surface area contributed by atoms with Crippen LogP contribution in [0.15, 0.2) is 52.9 Å². The zero-order valence-electron chi connectivity index (χ0n) is 10.3. The molecule has 19 heavy (non-hydrogen) atoms. The number of benzene rings is 2. The Balaban J connectivity index is 2.16. The highest BCUT2D eigenvalue weighted by Crippen LogP contribution is 2.29. The van der Waals surface area contributed by atoms with E-state index in [1.165, 1.54) is 13.0 Å². The van der Waals surface area contributed by atoms with Gasteiger partial charge in [-0.15, -0.1) is 0 Å². The van der Waals surface area contributed by atoms with Crippen molar-refractivity contribution in [3.8, 4) is 11.3 Å². The highest BCUT2D eigenvalue weighted by Gasteiger charge is 2.10. The van der Waals surface area contributed by atoms with E-state index in [4.69, 9.17) is 4.42 Å². The van der Waals surface area contributed by atoms with E-state index in [2.05, 4.69) is 0 Å². The number of para-hydroxylation sites is 1. The molecule has 1 heterocycles. The summed E-state index contributed by atoms with van der Waals surface area (Å²) in [5.41, 5.74) is 1.62. The van der Waals surface area contributed by atoms with Crippen molar-refractivity contribution in [1.82, 2.24) is 0 Å². The fourth-order valence-corrected chi connectivity index (χ4v) is 2.06. The third kappa shape index (κ3) is 2.03. The zero-order valence-corrected chi connectivity index (χ0v) is 10.3. The van der Waals surface area contributed by atoms with Gasteiger partial charge in [0.2, 0.25) is 0 Å². The predicted molar refractivity (Wildman–Crippen MR) is 71.6 cm³/mol. The molecule has 1 aromatic heterocycles. The third-order valence-electron chi connectivity index (χ3n) is 3.05. The molecule has 0 fully saturated rings. The van der Waals surface area contributed by atoms with Crippen LogP contribution in [0, 0.1) is 5.82 Å². The number of ketones is 1.